The first kappa shape index (κ1) is 11.0. The van der Waals surface area contributed by atoms with E-state index < -0.39 is 0 Å². The van der Waals surface area contributed by atoms with E-state index >= 15 is 0 Å². The lowest BCUT2D eigenvalue weighted by molar-refractivity contribution is 0.101. The van der Waals surface area contributed by atoms with Crippen LogP contribution in [0.1, 0.15) is 33.7 Å². The molecule has 3 nitrogen and oxygen atoms in total. The molecule has 2 aromatic rings. The summed E-state index contributed by atoms with van der Waals surface area (Å²) in [4.78, 5) is 21.0. The molecule has 2 rings (SSSR count). The molecule has 0 N–H and O–H groups in total. The van der Waals surface area contributed by atoms with E-state index in [1.54, 1.807) is 17.5 Å². The van der Waals surface area contributed by atoms with E-state index in [1.807, 2.05) is 18.4 Å². The third-order valence-corrected chi connectivity index (χ3v) is 3.20. The van der Waals surface area contributed by atoms with Gasteiger partial charge < -0.3 is 0 Å². The van der Waals surface area contributed by atoms with Crippen molar-refractivity contribution >= 4 is 17.1 Å². The van der Waals surface area contributed by atoms with E-state index in [2.05, 4.69) is 16.0 Å². The van der Waals surface area contributed by atoms with Gasteiger partial charge in [-0.05, 0) is 25.3 Å². The molecule has 82 valence electrons. The van der Waals surface area contributed by atoms with Gasteiger partial charge >= 0.3 is 0 Å². The van der Waals surface area contributed by atoms with Crippen molar-refractivity contribution in [3.8, 4) is 0 Å². The Balaban J connectivity index is 2.24. The van der Waals surface area contributed by atoms with Crippen LogP contribution in [0.5, 0.6) is 0 Å². The molecular weight excluding hydrogens is 220 g/mol. The van der Waals surface area contributed by atoms with E-state index in [-0.39, 0.29) is 5.78 Å². The van der Waals surface area contributed by atoms with E-state index in [4.69, 9.17) is 0 Å². The van der Waals surface area contributed by atoms with Crippen LogP contribution in [0.3, 0.4) is 0 Å². The van der Waals surface area contributed by atoms with E-state index in [0.29, 0.717) is 5.56 Å². The summed E-state index contributed by atoms with van der Waals surface area (Å²) < 4.78 is 0. The molecule has 4 heteroatoms. The summed E-state index contributed by atoms with van der Waals surface area (Å²) in [6.45, 7) is 3.38. The van der Waals surface area contributed by atoms with Crippen LogP contribution in [0.25, 0.3) is 0 Å². The minimum absolute atomic E-state index is 0.0140. The number of aromatic nitrogens is 2. The van der Waals surface area contributed by atoms with Crippen LogP contribution in [0, 0.1) is 6.92 Å². The predicted molar refractivity (Wildman–Crippen MR) is 63.9 cm³/mol. The van der Waals surface area contributed by atoms with Crippen molar-refractivity contribution in [2.45, 2.75) is 20.3 Å². The van der Waals surface area contributed by atoms with Crippen molar-refractivity contribution in [2.24, 2.45) is 0 Å². The molecule has 0 aliphatic heterocycles. The van der Waals surface area contributed by atoms with Crippen molar-refractivity contribution in [1.82, 2.24) is 9.97 Å². The fourth-order valence-electron chi connectivity index (χ4n) is 1.51. The van der Waals surface area contributed by atoms with Crippen LogP contribution in [0.15, 0.2) is 23.7 Å². The van der Waals surface area contributed by atoms with Crippen LogP contribution in [-0.4, -0.2) is 15.8 Å². The first-order chi connectivity index (χ1) is 7.66. The van der Waals surface area contributed by atoms with Gasteiger partial charge in [0.05, 0.1) is 11.3 Å². The molecule has 0 radical (unpaired) electrons. The SMILES string of the molecule is CC(=O)c1cnc(Cc2cccs2)nc1C. The molecule has 16 heavy (non-hydrogen) atoms. The van der Waals surface area contributed by atoms with Gasteiger partial charge in [0.15, 0.2) is 5.78 Å². The molecular formula is C12H12N2OS. The smallest absolute Gasteiger partial charge is 0.163 e. The number of hydrogen-bond acceptors (Lipinski definition) is 4. The van der Waals surface area contributed by atoms with Crippen molar-refractivity contribution in [1.29, 1.82) is 0 Å². The standard InChI is InChI=1S/C12H12N2OS/c1-8-11(9(2)15)7-13-12(14-8)6-10-4-3-5-16-10/h3-5,7H,6H2,1-2H3. The highest BCUT2D eigenvalue weighted by Gasteiger charge is 2.07. The summed E-state index contributed by atoms with van der Waals surface area (Å²) in [6.07, 6.45) is 2.35. The Labute approximate surface area is 98.2 Å². The second kappa shape index (κ2) is 4.53. The average Bonchev–Trinajstić information content (AvgIpc) is 2.70. The summed E-state index contributed by atoms with van der Waals surface area (Å²) in [6, 6.07) is 4.07. The molecule has 0 aliphatic rings. The zero-order valence-electron chi connectivity index (χ0n) is 9.23. The lowest BCUT2D eigenvalue weighted by Gasteiger charge is -2.03. The van der Waals surface area contributed by atoms with Gasteiger partial charge in [-0.25, -0.2) is 9.97 Å². The fraction of sp³-hybridized carbons (Fsp3) is 0.250. The molecule has 0 atom stereocenters. The number of aryl methyl sites for hydroxylation is 1. The van der Waals surface area contributed by atoms with Crippen molar-refractivity contribution in [2.75, 3.05) is 0 Å². The third-order valence-electron chi connectivity index (χ3n) is 2.32. The first-order valence-electron chi connectivity index (χ1n) is 5.02. The quantitative estimate of drug-likeness (QED) is 0.764. The number of carbonyl (C=O) groups is 1. The van der Waals surface area contributed by atoms with Crippen molar-refractivity contribution in [3.63, 3.8) is 0 Å². The highest BCUT2D eigenvalue weighted by molar-refractivity contribution is 7.09. The second-order valence-corrected chi connectivity index (χ2v) is 4.63. The Hall–Kier alpha value is -1.55. The Morgan fingerprint density at radius 3 is 2.88 bits per heavy atom. The molecule has 0 amide bonds. The summed E-state index contributed by atoms with van der Waals surface area (Å²) in [5.74, 6) is 0.783. The molecule has 2 aromatic heterocycles. The molecule has 0 aliphatic carbocycles. The summed E-state index contributed by atoms with van der Waals surface area (Å²) in [5, 5.41) is 2.03. The highest BCUT2D eigenvalue weighted by atomic mass is 32.1. The van der Waals surface area contributed by atoms with Gasteiger partial charge in [-0.2, -0.15) is 0 Å². The van der Waals surface area contributed by atoms with Crippen molar-refractivity contribution < 1.29 is 4.79 Å². The van der Waals surface area contributed by atoms with Gasteiger partial charge in [-0.3, -0.25) is 4.79 Å². The maximum absolute atomic E-state index is 11.2. The predicted octanol–water partition coefficient (Wildman–Crippen LogP) is 2.64. The number of rotatable bonds is 3. The van der Waals surface area contributed by atoms with Gasteiger partial charge in [0.1, 0.15) is 5.82 Å². The number of hydrogen-bond donors (Lipinski definition) is 0. The van der Waals surface area contributed by atoms with E-state index in [9.17, 15) is 4.79 Å². The van der Waals surface area contributed by atoms with E-state index in [1.165, 1.54) is 11.8 Å². The Kier molecular flexibility index (Phi) is 3.10. The Morgan fingerprint density at radius 2 is 2.31 bits per heavy atom. The van der Waals surface area contributed by atoms with Crippen LogP contribution >= 0.6 is 11.3 Å². The molecule has 0 unspecified atom stereocenters. The van der Waals surface area contributed by atoms with Crippen LogP contribution < -0.4 is 0 Å². The zero-order valence-corrected chi connectivity index (χ0v) is 10.0. The summed E-state index contributed by atoms with van der Waals surface area (Å²) in [7, 11) is 0. The third kappa shape index (κ3) is 2.33. The number of ketones is 1. The number of nitrogens with zero attached hydrogens (tertiary/aromatic N) is 2. The average molecular weight is 232 g/mol. The topological polar surface area (TPSA) is 42.9 Å². The van der Waals surface area contributed by atoms with Gasteiger partial charge in [0.2, 0.25) is 0 Å². The zero-order chi connectivity index (χ0) is 11.5. The molecule has 0 saturated carbocycles. The molecule has 0 spiro atoms. The molecule has 0 saturated heterocycles. The first-order valence-corrected chi connectivity index (χ1v) is 5.90. The Bertz CT molecular complexity index is 506. The maximum Gasteiger partial charge on any atom is 0.163 e. The van der Waals surface area contributed by atoms with Gasteiger partial charge in [-0.15, -0.1) is 11.3 Å². The Morgan fingerprint density at radius 1 is 1.50 bits per heavy atom. The molecule has 0 bridgehead atoms. The van der Waals surface area contributed by atoms with Gasteiger partial charge in [-0.1, -0.05) is 6.07 Å². The number of thiophene rings is 1. The second-order valence-electron chi connectivity index (χ2n) is 3.60. The normalized spacial score (nSPS) is 10.4. The molecule has 0 fully saturated rings. The minimum Gasteiger partial charge on any atom is -0.294 e. The van der Waals surface area contributed by atoms with Gasteiger partial charge in [0, 0.05) is 17.5 Å². The van der Waals surface area contributed by atoms with Crippen LogP contribution in [0.2, 0.25) is 0 Å². The van der Waals surface area contributed by atoms with Crippen LogP contribution in [-0.2, 0) is 6.42 Å². The van der Waals surface area contributed by atoms with E-state index in [0.717, 1.165) is 17.9 Å². The number of carbonyl (C=O) groups excluding carboxylic acids is 1. The highest BCUT2D eigenvalue weighted by Crippen LogP contribution is 2.13. The minimum atomic E-state index is 0.0140. The monoisotopic (exact) mass is 232 g/mol. The van der Waals surface area contributed by atoms with Crippen LogP contribution in [0.4, 0.5) is 0 Å². The lowest BCUT2D eigenvalue weighted by atomic mass is 10.2. The maximum atomic E-state index is 11.2. The van der Waals surface area contributed by atoms with Crippen molar-refractivity contribution in [3.05, 3.63) is 45.7 Å². The molecule has 2 heterocycles. The lowest BCUT2D eigenvalue weighted by Crippen LogP contribution is -2.04. The summed E-state index contributed by atoms with van der Waals surface area (Å²) >= 11 is 1.69. The van der Waals surface area contributed by atoms with Gasteiger partial charge in [0.25, 0.3) is 0 Å². The fourth-order valence-corrected chi connectivity index (χ4v) is 2.22. The molecule has 0 aromatic carbocycles. The largest absolute Gasteiger partial charge is 0.294 e. The number of Topliss-reactive ketones (excluding diaryl/α,β-unsaturated/α-hetero) is 1. The summed E-state index contributed by atoms with van der Waals surface area (Å²) in [5.41, 5.74) is 1.36.